The van der Waals surface area contributed by atoms with E-state index in [1.807, 2.05) is 19.9 Å². The predicted molar refractivity (Wildman–Crippen MR) is 101 cm³/mol. The van der Waals surface area contributed by atoms with E-state index in [-0.39, 0.29) is 15.7 Å². The number of anilines is 1. The third-order valence-electron chi connectivity index (χ3n) is 3.65. The van der Waals surface area contributed by atoms with E-state index in [9.17, 15) is 9.59 Å². The normalized spacial score (nSPS) is 11.8. The summed E-state index contributed by atoms with van der Waals surface area (Å²) in [6, 6.07) is 8.11. The smallest absolute Gasteiger partial charge is 0.338 e. The van der Waals surface area contributed by atoms with E-state index >= 15 is 0 Å². The second-order valence-corrected chi connectivity index (χ2v) is 6.83. The zero-order chi connectivity index (χ0) is 18.7. The van der Waals surface area contributed by atoms with Crippen LogP contribution in [0.15, 0.2) is 30.3 Å². The van der Waals surface area contributed by atoms with Crippen molar-refractivity contribution in [1.29, 1.82) is 0 Å². The molecule has 0 saturated heterocycles. The quantitative estimate of drug-likeness (QED) is 0.694. The second kappa shape index (κ2) is 8.09. The molecule has 0 aliphatic rings. The Balaban J connectivity index is 2.07. The summed E-state index contributed by atoms with van der Waals surface area (Å²) in [6.45, 7) is 5.30. The highest BCUT2D eigenvalue weighted by Gasteiger charge is 2.21. The fourth-order valence-corrected chi connectivity index (χ4v) is 2.95. The molecule has 1 atom stereocenters. The molecule has 1 amide bonds. The number of amides is 1. The summed E-state index contributed by atoms with van der Waals surface area (Å²) in [7, 11) is 0. The van der Waals surface area contributed by atoms with Gasteiger partial charge < -0.3 is 10.1 Å². The van der Waals surface area contributed by atoms with E-state index in [2.05, 4.69) is 5.32 Å². The number of hydrogen-bond acceptors (Lipinski definition) is 3. The van der Waals surface area contributed by atoms with Crippen molar-refractivity contribution in [3.05, 3.63) is 62.1 Å². The number of nitrogens with one attached hydrogen (secondary N) is 1. The number of ether oxygens (including phenoxy) is 1. The third kappa shape index (κ3) is 4.88. The molecule has 7 heteroatoms. The van der Waals surface area contributed by atoms with Gasteiger partial charge in [0.25, 0.3) is 5.91 Å². The van der Waals surface area contributed by atoms with Gasteiger partial charge in [-0.2, -0.15) is 0 Å². The van der Waals surface area contributed by atoms with Gasteiger partial charge in [0, 0.05) is 5.02 Å². The molecule has 2 aromatic carbocycles. The fourth-order valence-electron chi connectivity index (χ4n) is 2.04. The standard InChI is InChI=1S/C18H16Cl3NO3/c1-9-4-5-12(6-10(9)2)18(24)25-11(3)17(23)22-16-14(20)7-13(19)8-15(16)21/h4-8,11H,1-3H3,(H,22,23)/t11-/m1/s1. The molecule has 2 aromatic rings. The monoisotopic (exact) mass is 399 g/mol. The van der Waals surface area contributed by atoms with Gasteiger partial charge in [-0.05, 0) is 56.2 Å². The topological polar surface area (TPSA) is 55.4 Å². The Morgan fingerprint density at radius 1 is 1.00 bits per heavy atom. The zero-order valence-corrected chi connectivity index (χ0v) is 16.1. The average Bonchev–Trinajstić information content (AvgIpc) is 2.53. The van der Waals surface area contributed by atoms with Crippen molar-refractivity contribution in [2.75, 3.05) is 5.32 Å². The lowest BCUT2D eigenvalue weighted by Crippen LogP contribution is -2.30. The van der Waals surface area contributed by atoms with Gasteiger partial charge in [0.1, 0.15) is 0 Å². The van der Waals surface area contributed by atoms with Crippen LogP contribution in [0, 0.1) is 13.8 Å². The van der Waals surface area contributed by atoms with E-state index < -0.39 is 18.0 Å². The molecule has 0 unspecified atom stereocenters. The van der Waals surface area contributed by atoms with Crippen molar-refractivity contribution in [3.8, 4) is 0 Å². The summed E-state index contributed by atoms with van der Waals surface area (Å²) in [6.07, 6.45) is -1.03. The van der Waals surface area contributed by atoms with E-state index in [4.69, 9.17) is 39.5 Å². The molecule has 2 rings (SSSR count). The minimum atomic E-state index is -1.03. The Morgan fingerprint density at radius 3 is 2.16 bits per heavy atom. The molecule has 1 N–H and O–H groups in total. The van der Waals surface area contributed by atoms with Crippen molar-refractivity contribution in [1.82, 2.24) is 0 Å². The lowest BCUT2D eigenvalue weighted by Gasteiger charge is -2.15. The number of rotatable bonds is 4. The molecular formula is C18H16Cl3NO3. The largest absolute Gasteiger partial charge is 0.449 e. The molecule has 0 heterocycles. The van der Waals surface area contributed by atoms with Gasteiger partial charge in [-0.25, -0.2) is 4.79 Å². The molecular weight excluding hydrogens is 385 g/mol. The first kappa shape index (κ1) is 19.6. The van der Waals surface area contributed by atoms with Crippen molar-refractivity contribution < 1.29 is 14.3 Å². The van der Waals surface area contributed by atoms with Gasteiger partial charge in [0.2, 0.25) is 0 Å². The molecule has 0 spiro atoms. The number of hydrogen-bond donors (Lipinski definition) is 1. The van der Waals surface area contributed by atoms with Crippen LogP contribution in [0.4, 0.5) is 5.69 Å². The van der Waals surface area contributed by atoms with Gasteiger partial charge in [-0.1, -0.05) is 40.9 Å². The van der Waals surface area contributed by atoms with Crippen LogP contribution >= 0.6 is 34.8 Å². The lowest BCUT2D eigenvalue weighted by atomic mass is 10.1. The molecule has 0 aliphatic carbocycles. The molecule has 4 nitrogen and oxygen atoms in total. The minimum Gasteiger partial charge on any atom is -0.449 e. The number of carbonyl (C=O) groups is 2. The number of aryl methyl sites for hydroxylation is 2. The highest BCUT2D eigenvalue weighted by molar-refractivity contribution is 6.42. The van der Waals surface area contributed by atoms with Gasteiger partial charge >= 0.3 is 5.97 Å². The average molecular weight is 401 g/mol. The predicted octanol–water partition coefficient (Wildman–Crippen LogP) is 5.45. The maximum Gasteiger partial charge on any atom is 0.338 e. The van der Waals surface area contributed by atoms with E-state index in [0.717, 1.165) is 11.1 Å². The lowest BCUT2D eigenvalue weighted by molar-refractivity contribution is -0.123. The first-order valence-electron chi connectivity index (χ1n) is 7.42. The summed E-state index contributed by atoms with van der Waals surface area (Å²) in [5, 5.41) is 3.28. The van der Waals surface area contributed by atoms with Gasteiger partial charge in [0.15, 0.2) is 6.10 Å². The summed E-state index contributed by atoms with van der Waals surface area (Å²) < 4.78 is 5.21. The first-order valence-corrected chi connectivity index (χ1v) is 8.56. The van der Waals surface area contributed by atoms with Crippen LogP contribution in [-0.2, 0) is 9.53 Å². The summed E-state index contributed by atoms with van der Waals surface area (Å²) in [5.74, 6) is -1.14. The molecule has 0 aromatic heterocycles. The molecule has 132 valence electrons. The highest BCUT2D eigenvalue weighted by Crippen LogP contribution is 2.33. The van der Waals surface area contributed by atoms with Crippen molar-refractivity contribution >= 4 is 52.4 Å². The van der Waals surface area contributed by atoms with Crippen LogP contribution in [-0.4, -0.2) is 18.0 Å². The van der Waals surface area contributed by atoms with Gasteiger partial charge in [-0.3, -0.25) is 4.79 Å². The van der Waals surface area contributed by atoms with Crippen LogP contribution in [0.1, 0.15) is 28.4 Å². The van der Waals surface area contributed by atoms with E-state index in [1.165, 1.54) is 19.1 Å². The van der Waals surface area contributed by atoms with Gasteiger partial charge in [0.05, 0.1) is 21.3 Å². The Labute approximate surface area is 161 Å². The van der Waals surface area contributed by atoms with E-state index in [0.29, 0.717) is 10.6 Å². The molecule has 0 radical (unpaired) electrons. The molecule has 0 saturated carbocycles. The van der Waals surface area contributed by atoms with Gasteiger partial charge in [-0.15, -0.1) is 0 Å². The molecule has 25 heavy (non-hydrogen) atoms. The van der Waals surface area contributed by atoms with Crippen molar-refractivity contribution in [2.45, 2.75) is 26.9 Å². The summed E-state index contributed by atoms with van der Waals surface area (Å²) in [5.41, 5.74) is 2.62. The maximum atomic E-state index is 12.3. The van der Waals surface area contributed by atoms with Crippen LogP contribution in [0.2, 0.25) is 15.1 Å². The number of halogens is 3. The van der Waals surface area contributed by atoms with E-state index in [1.54, 1.807) is 12.1 Å². The Bertz CT molecular complexity index is 813. The summed E-state index contributed by atoms with van der Waals surface area (Å²) >= 11 is 17.9. The van der Waals surface area contributed by atoms with Crippen LogP contribution < -0.4 is 5.32 Å². The van der Waals surface area contributed by atoms with Crippen LogP contribution in [0.5, 0.6) is 0 Å². The van der Waals surface area contributed by atoms with Crippen LogP contribution in [0.3, 0.4) is 0 Å². The number of esters is 1. The Kier molecular flexibility index (Phi) is 6.33. The number of carbonyl (C=O) groups excluding carboxylic acids is 2. The Hall–Kier alpha value is -1.75. The van der Waals surface area contributed by atoms with Crippen molar-refractivity contribution in [2.24, 2.45) is 0 Å². The number of benzene rings is 2. The van der Waals surface area contributed by atoms with Crippen molar-refractivity contribution in [3.63, 3.8) is 0 Å². The minimum absolute atomic E-state index is 0.193. The Morgan fingerprint density at radius 2 is 1.60 bits per heavy atom. The fraction of sp³-hybridized carbons (Fsp3) is 0.222. The third-order valence-corrected chi connectivity index (χ3v) is 4.47. The highest BCUT2D eigenvalue weighted by atomic mass is 35.5. The second-order valence-electron chi connectivity index (χ2n) is 5.58. The maximum absolute atomic E-state index is 12.3. The zero-order valence-electron chi connectivity index (χ0n) is 13.8. The summed E-state index contributed by atoms with van der Waals surface area (Å²) in [4.78, 5) is 24.4. The molecule has 0 fully saturated rings. The molecule has 0 bridgehead atoms. The first-order chi connectivity index (χ1) is 11.7. The SMILES string of the molecule is Cc1ccc(C(=O)O[C@H](C)C(=O)Nc2c(Cl)cc(Cl)cc2Cl)cc1C. The van der Waals surface area contributed by atoms with Crippen LogP contribution in [0.25, 0.3) is 0 Å². The molecule has 0 aliphatic heterocycles.